The molecule has 11 rings (SSSR count). The quantitative estimate of drug-likeness (QED) is 0.194. The van der Waals surface area contributed by atoms with E-state index in [0.29, 0.717) is 11.5 Å². The van der Waals surface area contributed by atoms with E-state index < -0.39 is 0 Å². The van der Waals surface area contributed by atoms with E-state index in [9.17, 15) is 0 Å². The van der Waals surface area contributed by atoms with Crippen molar-refractivity contribution in [2.45, 2.75) is 0 Å². The predicted octanol–water partition coefficient (Wildman–Crippen LogP) is 12.2. The summed E-state index contributed by atoms with van der Waals surface area (Å²) in [4.78, 5) is 13.1. The van der Waals surface area contributed by atoms with Gasteiger partial charge < -0.3 is 4.42 Å². The van der Waals surface area contributed by atoms with Crippen LogP contribution >= 0.6 is 11.3 Å². The highest BCUT2D eigenvalue weighted by molar-refractivity contribution is 7.25. The van der Waals surface area contributed by atoms with E-state index in [-0.39, 0.29) is 0 Å². The van der Waals surface area contributed by atoms with Crippen molar-refractivity contribution < 1.29 is 4.42 Å². The molecule has 4 nitrogen and oxygen atoms in total. The first-order valence-electron chi connectivity index (χ1n) is 15.8. The molecule has 0 spiro atoms. The third-order valence-electron chi connectivity index (χ3n) is 9.61. The Morgan fingerprint density at radius 2 is 1.23 bits per heavy atom. The minimum Gasteiger partial charge on any atom is -0.452 e. The van der Waals surface area contributed by atoms with E-state index in [2.05, 4.69) is 126 Å². The average molecular weight is 618 g/mol. The van der Waals surface area contributed by atoms with Gasteiger partial charge in [0.25, 0.3) is 0 Å². The highest BCUT2D eigenvalue weighted by atomic mass is 32.1. The van der Waals surface area contributed by atoms with Gasteiger partial charge in [0, 0.05) is 42.1 Å². The van der Waals surface area contributed by atoms with Gasteiger partial charge in [-0.05, 0) is 58.1 Å². The fraction of sp³-hybridized carbons (Fsp3) is 0. The third kappa shape index (κ3) is 3.41. The van der Waals surface area contributed by atoms with Gasteiger partial charge in [0.15, 0.2) is 5.58 Å². The van der Waals surface area contributed by atoms with E-state index in [1.165, 1.54) is 52.8 Å². The summed E-state index contributed by atoms with van der Waals surface area (Å²) in [5, 5.41) is 8.19. The zero-order valence-electron chi connectivity index (χ0n) is 24.9. The molecule has 3 aromatic heterocycles. The van der Waals surface area contributed by atoms with Crippen molar-refractivity contribution in [1.29, 1.82) is 0 Å². The zero-order chi connectivity index (χ0) is 30.6. The fourth-order valence-corrected chi connectivity index (χ4v) is 8.76. The first-order valence-corrected chi connectivity index (χ1v) is 16.6. The molecule has 1 aliphatic heterocycles. The van der Waals surface area contributed by atoms with Crippen LogP contribution in [0.25, 0.3) is 86.2 Å². The highest BCUT2D eigenvalue weighted by Gasteiger charge is 2.31. The smallest absolute Gasteiger partial charge is 0.236 e. The van der Waals surface area contributed by atoms with Gasteiger partial charge >= 0.3 is 0 Å². The number of thiophene rings is 1. The lowest BCUT2D eigenvalue weighted by Crippen LogP contribution is -2.18. The van der Waals surface area contributed by atoms with E-state index in [1.807, 2.05) is 29.5 Å². The molecular formula is C42H23N3OS. The summed E-state index contributed by atoms with van der Waals surface area (Å²) in [6.07, 6.45) is 0. The minimum absolute atomic E-state index is 0.620. The van der Waals surface area contributed by atoms with Crippen LogP contribution in [0.4, 0.5) is 17.3 Å². The maximum atomic E-state index is 6.62. The van der Waals surface area contributed by atoms with Crippen molar-refractivity contribution in [3.8, 4) is 22.4 Å². The molecule has 7 aromatic carbocycles. The van der Waals surface area contributed by atoms with Crippen molar-refractivity contribution >= 4 is 92.4 Å². The van der Waals surface area contributed by atoms with Gasteiger partial charge in [0.1, 0.15) is 16.8 Å². The molecule has 0 N–H and O–H groups in total. The van der Waals surface area contributed by atoms with Crippen LogP contribution in [0.3, 0.4) is 0 Å². The Morgan fingerprint density at radius 1 is 0.511 bits per heavy atom. The lowest BCUT2D eigenvalue weighted by molar-refractivity contribution is 0.667. The molecule has 218 valence electrons. The molecule has 0 saturated heterocycles. The topological polar surface area (TPSA) is 42.2 Å². The molecule has 5 heteroatoms. The Morgan fingerprint density at radius 3 is 2.17 bits per heavy atom. The largest absolute Gasteiger partial charge is 0.452 e. The molecular weight excluding hydrogens is 595 g/mol. The number of fused-ring (bicyclic) bond motifs is 10. The number of para-hydroxylation sites is 1. The summed E-state index contributed by atoms with van der Waals surface area (Å²) in [5.74, 6) is 0.620. The molecule has 0 saturated carbocycles. The van der Waals surface area contributed by atoms with Crippen LogP contribution in [-0.2, 0) is 0 Å². The zero-order valence-corrected chi connectivity index (χ0v) is 25.8. The Labute approximate surface area is 272 Å². The monoisotopic (exact) mass is 617 g/mol. The summed E-state index contributed by atoms with van der Waals surface area (Å²) in [6, 6.07) is 49.5. The van der Waals surface area contributed by atoms with Crippen LogP contribution in [-0.4, -0.2) is 9.97 Å². The molecule has 0 atom stereocenters. The second-order valence-corrected chi connectivity index (χ2v) is 13.2. The van der Waals surface area contributed by atoms with E-state index in [1.54, 1.807) is 0 Å². The van der Waals surface area contributed by atoms with Crippen molar-refractivity contribution in [3.05, 3.63) is 140 Å². The second-order valence-electron chi connectivity index (χ2n) is 12.1. The molecule has 0 unspecified atom stereocenters. The van der Waals surface area contributed by atoms with Gasteiger partial charge in [-0.3, -0.25) is 4.90 Å². The standard InChI is InChI=1S/C42H23N3OS/c1-2-13-26-24(10-1)22-23-32-37(26)29-16-7-11-25-12-8-18-31(36(25)29)45(32)42-43-39-27-14-3-5-19-33(27)46-41(39)40(44-42)30-17-9-21-35-38(30)28-15-4-6-20-34(28)47-35/h1-23H. The van der Waals surface area contributed by atoms with Crippen LogP contribution in [0.2, 0.25) is 0 Å². The van der Waals surface area contributed by atoms with Gasteiger partial charge in [-0.1, -0.05) is 103 Å². The molecule has 47 heavy (non-hydrogen) atoms. The van der Waals surface area contributed by atoms with Crippen LogP contribution in [0, 0.1) is 0 Å². The summed E-state index contributed by atoms with van der Waals surface area (Å²) >= 11 is 1.81. The van der Waals surface area contributed by atoms with Crippen LogP contribution in [0.15, 0.2) is 144 Å². The van der Waals surface area contributed by atoms with E-state index >= 15 is 0 Å². The number of furan rings is 1. The molecule has 4 heterocycles. The van der Waals surface area contributed by atoms with Crippen molar-refractivity contribution in [1.82, 2.24) is 9.97 Å². The number of rotatable bonds is 2. The molecule has 0 radical (unpaired) electrons. The minimum atomic E-state index is 0.620. The number of nitrogens with zero attached hydrogens (tertiary/aromatic N) is 3. The van der Waals surface area contributed by atoms with Gasteiger partial charge in [-0.25, -0.2) is 9.97 Å². The Hall–Kier alpha value is -6.04. The van der Waals surface area contributed by atoms with Gasteiger partial charge in [-0.15, -0.1) is 11.3 Å². The third-order valence-corrected chi connectivity index (χ3v) is 10.7. The number of aromatic nitrogens is 2. The Kier molecular flexibility index (Phi) is 4.96. The summed E-state index contributed by atoms with van der Waals surface area (Å²) in [5.41, 5.74) is 8.70. The number of hydrogen-bond donors (Lipinski definition) is 0. The van der Waals surface area contributed by atoms with E-state index in [0.717, 1.165) is 39.1 Å². The van der Waals surface area contributed by atoms with Gasteiger partial charge in [-0.2, -0.15) is 0 Å². The number of benzene rings is 7. The first-order chi connectivity index (χ1) is 23.3. The number of hydrogen-bond acceptors (Lipinski definition) is 5. The van der Waals surface area contributed by atoms with Crippen LogP contribution in [0.5, 0.6) is 0 Å². The average Bonchev–Trinajstić information content (AvgIpc) is 3.70. The molecule has 0 fully saturated rings. The molecule has 0 amide bonds. The van der Waals surface area contributed by atoms with Gasteiger partial charge in [0.2, 0.25) is 5.95 Å². The predicted molar refractivity (Wildman–Crippen MR) is 196 cm³/mol. The lowest BCUT2D eigenvalue weighted by atomic mass is 9.88. The van der Waals surface area contributed by atoms with E-state index in [4.69, 9.17) is 14.4 Å². The van der Waals surface area contributed by atoms with Crippen LogP contribution in [0.1, 0.15) is 0 Å². The maximum absolute atomic E-state index is 6.62. The molecule has 0 aliphatic carbocycles. The molecule has 0 bridgehead atoms. The van der Waals surface area contributed by atoms with Crippen LogP contribution < -0.4 is 4.90 Å². The Balaban J connectivity index is 1.30. The van der Waals surface area contributed by atoms with Crippen molar-refractivity contribution in [2.24, 2.45) is 0 Å². The first kappa shape index (κ1) is 25.2. The second kappa shape index (κ2) is 9.25. The van der Waals surface area contributed by atoms with Crippen molar-refractivity contribution in [2.75, 3.05) is 4.90 Å². The Bertz CT molecular complexity index is 2930. The SMILES string of the molecule is c1ccc2c3c(ccc2c1)N(c1nc(-c2cccc4sc5ccccc5c24)c2oc4ccccc4c2n1)c1cccc2cccc-3c12. The maximum Gasteiger partial charge on any atom is 0.236 e. The summed E-state index contributed by atoms with van der Waals surface area (Å²) in [6.45, 7) is 0. The normalized spacial score (nSPS) is 12.6. The summed E-state index contributed by atoms with van der Waals surface area (Å²) in [7, 11) is 0. The molecule has 1 aliphatic rings. The fourth-order valence-electron chi connectivity index (χ4n) is 7.62. The van der Waals surface area contributed by atoms with Gasteiger partial charge in [0.05, 0.1) is 11.4 Å². The highest BCUT2D eigenvalue weighted by Crippen LogP contribution is 2.53. The molecule has 10 aromatic rings. The number of anilines is 3. The lowest BCUT2D eigenvalue weighted by Gasteiger charge is -2.32. The van der Waals surface area contributed by atoms with Crippen molar-refractivity contribution in [3.63, 3.8) is 0 Å². The summed E-state index contributed by atoms with van der Waals surface area (Å²) < 4.78 is 9.10.